The van der Waals surface area contributed by atoms with Gasteiger partial charge >= 0.3 is 17.9 Å². The molecule has 6 nitrogen and oxygen atoms in total. The highest BCUT2D eigenvalue weighted by Crippen LogP contribution is 2.08. The minimum Gasteiger partial charge on any atom is -0.462 e. The van der Waals surface area contributed by atoms with Crippen molar-refractivity contribution in [1.82, 2.24) is 0 Å². The Bertz CT molecular complexity index is 1460. The number of unbranched alkanes of at least 4 members (excludes halogenated alkanes) is 6. The van der Waals surface area contributed by atoms with Crippen molar-refractivity contribution in [2.75, 3.05) is 13.2 Å². The van der Waals surface area contributed by atoms with Gasteiger partial charge in [-0.1, -0.05) is 179 Å². The van der Waals surface area contributed by atoms with Crippen molar-refractivity contribution in [3.05, 3.63) is 146 Å². The molecular formula is C57H86O6. The summed E-state index contributed by atoms with van der Waals surface area (Å²) in [5.41, 5.74) is 0. The van der Waals surface area contributed by atoms with E-state index in [0.29, 0.717) is 19.3 Å². The van der Waals surface area contributed by atoms with E-state index in [1.54, 1.807) is 0 Å². The number of carbonyl (C=O) groups is 3. The van der Waals surface area contributed by atoms with Crippen molar-refractivity contribution < 1.29 is 28.6 Å². The highest BCUT2D eigenvalue weighted by molar-refractivity contribution is 5.71. The fraction of sp³-hybridized carbons (Fsp3) is 0.526. The quantitative estimate of drug-likeness (QED) is 0.0264. The van der Waals surface area contributed by atoms with Gasteiger partial charge in [0, 0.05) is 19.3 Å². The minimum atomic E-state index is -0.860. The van der Waals surface area contributed by atoms with Crippen LogP contribution >= 0.6 is 0 Å². The summed E-state index contributed by atoms with van der Waals surface area (Å²) in [5, 5.41) is 0. The normalized spacial score (nSPS) is 13.4. The molecule has 0 spiro atoms. The summed E-state index contributed by atoms with van der Waals surface area (Å²) in [6.07, 6.45) is 71.4. The topological polar surface area (TPSA) is 78.9 Å². The molecule has 0 saturated carbocycles. The van der Waals surface area contributed by atoms with E-state index in [1.807, 2.05) is 12.2 Å². The number of carbonyl (C=O) groups excluding carboxylic acids is 3. The molecule has 0 bridgehead atoms. The third-order valence-electron chi connectivity index (χ3n) is 9.32. The second-order valence-corrected chi connectivity index (χ2v) is 15.2. The zero-order chi connectivity index (χ0) is 45.8. The standard InChI is InChI=1S/C57H86O6/c1-4-7-10-13-16-19-22-25-27-29-31-32-35-38-41-44-47-50-56(59)62-53-54(52-61-55(58)49-46-43-40-37-34-24-21-18-15-12-9-6-3)63-57(60)51-48-45-42-39-36-33-30-28-26-23-20-17-14-11-8-5-2/h8-9,11-12,16-21,25-28,31-34,36-38,41-42,45,54H,4-7,10,13-15,22-24,29-30,35,39-40,43-44,46-53H2,1-3H3/b11-8-,12-9-,19-16-,20-17-,21-18-,27-25-,28-26-,32-31-,36-33-,37-34-,41-38-,45-42-. The van der Waals surface area contributed by atoms with Crippen LogP contribution in [0, 0.1) is 0 Å². The fourth-order valence-electron chi connectivity index (χ4n) is 5.73. The highest BCUT2D eigenvalue weighted by Gasteiger charge is 2.19. The van der Waals surface area contributed by atoms with Crippen LogP contribution in [0.15, 0.2) is 146 Å². The Morgan fingerprint density at radius 3 is 1.03 bits per heavy atom. The summed E-state index contributed by atoms with van der Waals surface area (Å²) in [5.74, 6) is -1.14. The van der Waals surface area contributed by atoms with E-state index in [1.165, 1.54) is 25.7 Å². The van der Waals surface area contributed by atoms with Gasteiger partial charge in [0.15, 0.2) is 6.10 Å². The molecule has 0 aromatic heterocycles. The second kappa shape index (κ2) is 49.9. The lowest BCUT2D eigenvalue weighted by Gasteiger charge is -2.18. The molecule has 0 aromatic rings. The first-order valence-electron chi connectivity index (χ1n) is 24.3. The van der Waals surface area contributed by atoms with Gasteiger partial charge in [-0.25, -0.2) is 0 Å². The molecule has 0 aromatic carbocycles. The third-order valence-corrected chi connectivity index (χ3v) is 9.32. The lowest BCUT2D eigenvalue weighted by atomic mass is 10.2. The van der Waals surface area contributed by atoms with E-state index in [9.17, 15) is 14.4 Å². The maximum absolute atomic E-state index is 12.7. The van der Waals surface area contributed by atoms with Crippen LogP contribution < -0.4 is 0 Å². The zero-order valence-electron chi connectivity index (χ0n) is 39.8. The first kappa shape index (κ1) is 58.3. The lowest BCUT2D eigenvalue weighted by molar-refractivity contribution is -0.166. The van der Waals surface area contributed by atoms with Gasteiger partial charge in [0.2, 0.25) is 0 Å². The zero-order valence-corrected chi connectivity index (χ0v) is 39.8. The predicted molar refractivity (Wildman–Crippen MR) is 269 cm³/mol. The van der Waals surface area contributed by atoms with Gasteiger partial charge in [-0.15, -0.1) is 0 Å². The van der Waals surface area contributed by atoms with Crippen LogP contribution in [0.3, 0.4) is 0 Å². The molecule has 1 atom stereocenters. The summed E-state index contributed by atoms with van der Waals surface area (Å²) < 4.78 is 16.6. The maximum atomic E-state index is 12.7. The van der Waals surface area contributed by atoms with Crippen LogP contribution in [0.1, 0.15) is 175 Å². The summed E-state index contributed by atoms with van der Waals surface area (Å²) >= 11 is 0. The van der Waals surface area contributed by atoms with Crippen molar-refractivity contribution in [1.29, 1.82) is 0 Å². The van der Waals surface area contributed by atoms with Crippen molar-refractivity contribution in [3.63, 3.8) is 0 Å². The fourth-order valence-corrected chi connectivity index (χ4v) is 5.73. The average molecular weight is 867 g/mol. The Balaban J connectivity index is 4.67. The molecule has 0 N–H and O–H groups in total. The molecule has 1 unspecified atom stereocenters. The van der Waals surface area contributed by atoms with Gasteiger partial charge in [-0.3, -0.25) is 14.4 Å². The SMILES string of the molecule is CC/C=C\C/C=C\C/C=C\C/C=C\C/C=C\CCC(=O)OC(COC(=O)CCC/C=C\C/C=C\C/C=C\C/C=C\CCCCC)COC(=O)CCCC/C=C\C/C=C\C/C=C\CC. The molecule has 0 fully saturated rings. The average Bonchev–Trinajstić information content (AvgIpc) is 3.28. The van der Waals surface area contributed by atoms with Crippen molar-refractivity contribution in [3.8, 4) is 0 Å². The number of ether oxygens (including phenoxy) is 3. The Morgan fingerprint density at radius 2 is 0.651 bits per heavy atom. The molecule has 6 heteroatoms. The molecule has 350 valence electrons. The summed E-state index contributed by atoms with van der Waals surface area (Å²) in [6, 6.07) is 0. The van der Waals surface area contributed by atoms with E-state index < -0.39 is 12.1 Å². The van der Waals surface area contributed by atoms with Crippen LogP contribution in [-0.4, -0.2) is 37.2 Å². The molecule has 0 aliphatic carbocycles. The smallest absolute Gasteiger partial charge is 0.306 e. The highest BCUT2D eigenvalue weighted by atomic mass is 16.6. The van der Waals surface area contributed by atoms with E-state index >= 15 is 0 Å². The van der Waals surface area contributed by atoms with Gasteiger partial charge in [0.1, 0.15) is 13.2 Å². The number of esters is 3. The predicted octanol–water partition coefficient (Wildman–Crippen LogP) is 16.1. The third kappa shape index (κ3) is 48.2. The van der Waals surface area contributed by atoms with Crippen LogP contribution in [0.2, 0.25) is 0 Å². The first-order valence-corrected chi connectivity index (χ1v) is 24.3. The Labute approximate surface area is 385 Å². The molecule has 63 heavy (non-hydrogen) atoms. The van der Waals surface area contributed by atoms with E-state index in [-0.39, 0.29) is 44.4 Å². The van der Waals surface area contributed by atoms with Crippen LogP contribution in [0.4, 0.5) is 0 Å². The molecule has 0 radical (unpaired) electrons. The first-order chi connectivity index (χ1) is 31.0. The van der Waals surface area contributed by atoms with Crippen molar-refractivity contribution in [2.24, 2.45) is 0 Å². The Morgan fingerprint density at radius 1 is 0.333 bits per heavy atom. The van der Waals surface area contributed by atoms with E-state index in [4.69, 9.17) is 14.2 Å². The van der Waals surface area contributed by atoms with Gasteiger partial charge < -0.3 is 14.2 Å². The molecule has 0 heterocycles. The number of rotatable bonds is 41. The van der Waals surface area contributed by atoms with Gasteiger partial charge in [-0.05, 0) is 122 Å². The number of hydrogen-bond donors (Lipinski definition) is 0. The molecule has 0 saturated heterocycles. The van der Waals surface area contributed by atoms with Crippen molar-refractivity contribution in [2.45, 2.75) is 181 Å². The van der Waals surface area contributed by atoms with Crippen LogP contribution in [0.5, 0.6) is 0 Å². The summed E-state index contributed by atoms with van der Waals surface area (Å²) in [4.78, 5) is 37.8. The van der Waals surface area contributed by atoms with E-state index in [0.717, 1.165) is 89.9 Å². The summed E-state index contributed by atoms with van der Waals surface area (Å²) in [6.45, 7) is 6.19. The Kier molecular flexibility index (Phi) is 46.2. The molecular weight excluding hydrogens is 781 g/mol. The van der Waals surface area contributed by atoms with Gasteiger partial charge in [-0.2, -0.15) is 0 Å². The molecule has 0 amide bonds. The minimum absolute atomic E-state index is 0.151. The van der Waals surface area contributed by atoms with Crippen LogP contribution in [0.25, 0.3) is 0 Å². The summed E-state index contributed by atoms with van der Waals surface area (Å²) in [7, 11) is 0. The molecule has 0 aliphatic rings. The number of hydrogen-bond acceptors (Lipinski definition) is 6. The number of allylic oxidation sites excluding steroid dienone is 24. The molecule has 0 rings (SSSR count). The van der Waals surface area contributed by atoms with Crippen LogP contribution in [-0.2, 0) is 28.6 Å². The van der Waals surface area contributed by atoms with Gasteiger partial charge in [0.05, 0.1) is 0 Å². The second-order valence-electron chi connectivity index (χ2n) is 15.2. The Hall–Kier alpha value is -4.71. The largest absolute Gasteiger partial charge is 0.462 e. The van der Waals surface area contributed by atoms with E-state index in [2.05, 4.69) is 154 Å². The molecule has 0 aliphatic heterocycles. The lowest BCUT2D eigenvalue weighted by Crippen LogP contribution is -2.30. The van der Waals surface area contributed by atoms with Crippen molar-refractivity contribution >= 4 is 17.9 Å². The monoisotopic (exact) mass is 867 g/mol. The maximum Gasteiger partial charge on any atom is 0.306 e. The van der Waals surface area contributed by atoms with Gasteiger partial charge in [0.25, 0.3) is 0 Å².